The Kier molecular flexibility index (Phi) is 2.48. The van der Waals surface area contributed by atoms with Gasteiger partial charge in [0.1, 0.15) is 5.69 Å². The summed E-state index contributed by atoms with van der Waals surface area (Å²) >= 11 is 0. The number of carbonyl (C=O) groups is 1. The standard InChI is InChI=1S/C13H13N3O/c17-13(15-10-2-1-3-10)12-5-4-9-8-14-7-6-11(9)16-12/h4-8,10H,1-3H2,(H,15,17). The van der Waals surface area contributed by atoms with Crippen molar-refractivity contribution >= 4 is 16.8 Å². The van der Waals surface area contributed by atoms with Crippen LogP contribution in [0, 0.1) is 0 Å². The van der Waals surface area contributed by atoms with E-state index in [1.165, 1.54) is 6.42 Å². The van der Waals surface area contributed by atoms with Crippen LogP contribution < -0.4 is 5.32 Å². The summed E-state index contributed by atoms with van der Waals surface area (Å²) in [7, 11) is 0. The van der Waals surface area contributed by atoms with Gasteiger partial charge in [0.25, 0.3) is 5.91 Å². The fraction of sp³-hybridized carbons (Fsp3) is 0.308. The minimum Gasteiger partial charge on any atom is -0.348 e. The number of hydrogen-bond acceptors (Lipinski definition) is 3. The highest BCUT2D eigenvalue weighted by Crippen LogP contribution is 2.18. The van der Waals surface area contributed by atoms with Crippen LogP contribution in [0.3, 0.4) is 0 Å². The molecule has 1 aliphatic rings. The monoisotopic (exact) mass is 227 g/mol. The van der Waals surface area contributed by atoms with E-state index in [1.54, 1.807) is 18.5 Å². The molecular weight excluding hydrogens is 214 g/mol. The van der Waals surface area contributed by atoms with E-state index < -0.39 is 0 Å². The van der Waals surface area contributed by atoms with E-state index in [4.69, 9.17) is 0 Å². The van der Waals surface area contributed by atoms with Gasteiger partial charge in [0.05, 0.1) is 5.52 Å². The average molecular weight is 227 g/mol. The molecule has 0 aromatic carbocycles. The van der Waals surface area contributed by atoms with Crippen LogP contribution in [0.5, 0.6) is 0 Å². The van der Waals surface area contributed by atoms with E-state index in [1.807, 2.05) is 12.1 Å². The van der Waals surface area contributed by atoms with Crippen LogP contribution in [0.25, 0.3) is 10.9 Å². The number of rotatable bonds is 2. The molecule has 0 atom stereocenters. The van der Waals surface area contributed by atoms with Crippen molar-refractivity contribution in [1.29, 1.82) is 0 Å². The van der Waals surface area contributed by atoms with Crippen molar-refractivity contribution in [2.45, 2.75) is 25.3 Å². The number of nitrogens with one attached hydrogen (secondary N) is 1. The van der Waals surface area contributed by atoms with Crippen LogP contribution in [-0.2, 0) is 0 Å². The summed E-state index contributed by atoms with van der Waals surface area (Å²) in [6.07, 6.45) is 6.81. The van der Waals surface area contributed by atoms with Crippen molar-refractivity contribution in [3.05, 3.63) is 36.3 Å². The van der Waals surface area contributed by atoms with E-state index in [0.29, 0.717) is 11.7 Å². The van der Waals surface area contributed by atoms with Gasteiger partial charge in [0.15, 0.2) is 0 Å². The molecule has 1 amide bonds. The Morgan fingerprint density at radius 2 is 2.18 bits per heavy atom. The first-order valence-corrected chi connectivity index (χ1v) is 5.84. The van der Waals surface area contributed by atoms with Crippen molar-refractivity contribution < 1.29 is 4.79 Å². The van der Waals surface area contributed by atoms with Crippen molar-refractivity contribution in [1.82, 2.24) is 15.3 Å². The predicted octanol–water partition coefficient (Wildman–Crippen LogP) is 1.91. The normalized spacial score (nSPS) is 15.5. The Morgan fingerprint density at radius 3 is 2.94 bits per heavy atom. The third-order valence-electron chi connectivity index (χ3n) is 3.16. The van der Waals surface area contributed by atoms with Gasteiger partial charge in [0.2, 0.25) is 0 Å². The molecule has 2 aromatic rings. The lowest BCUT2D eigenvalue weighted by Crippen LogP contribution is -2.39. The Labute approximate surface area is 99.1 Å². The molecule has 0 unspecified atom stereocenters. The molecule has 4 nitrogen and oxygen atoms in total. The topological polar surface area (TPSA) is 54.9 Å². The molecule has 17 heavy (non-hydrogen) atoms. The molecule has 4 heteroatoms. The summed E-state index contributed by atoms with van der Waals surface area (Å²) in [5, 5.41) is 3.93. The van der Waals surface area contributed by atoms with Crippen LogP contribution in [-0.4, -0.2) is 21.9 Å². The molecule has 2 aromatic heterocycles. The highest BCUT2D eigenvalue weighted by molar-refractivity contribution is 5.94. The van der Waals surface area contributed by atoms with E-state index in [2.05, 4.69) is 15.3 Å². The van der Waals surface area contributed by atoms with Gasteiger partial charge in [-0.2, -0.15) is 0 Å². The van der Waals surface area contributed by atoms with Gasteiger partial charge >= 0.3 is 0 Å². The number of nitrogens with zero attached hydrogens (tertiary/aromatic N) is 2. The molecule has 86 valence electrons. The number of amides is 1. The summed E-state index contributed by atoms with van der Waals surface area (Å²) in [6, 6.07) is 5.79. The second kappa shape index (κ2) is 4.13. The number of aromatic nitrogens is 2. The van der Waals surface area contributed by atoms with E-state index in [9.17, 15) is 4.79 Å². The quantitative estimate of drug-likeness (QED) is 0.852. The predicted molar refractivity (Wildman–Crippen MR) is 64.6 cm³/mol. The molecular formula is C13H13N3O. The van der Waals surface area contributed by atoms with Gasteiger partial charge in [-0.3, -0.25) is 9.78 Å². The zero-order valence-electron chi connectivity index (χ0n) is 9.39. The minimum absolute atomic E-state index is 0.0755. The lowest BCUT2D eigenvalue weighted by Gasteiger charge is -2.26. The molecule has 1 fully saturated rings. The van der Waals surface area contributed by atoms with Crippen LogP contribution in [0.1, 0.15) is 29.8 Å². The Morgan fingerprint density at radius 1 is 1.29 bits per heavy atom. The molecule has 3 rings (SSSR count). The lowest BCUT2D eigenvalue weighted by molar-refractivity contribution is 0.0912. The number of fused-ring (bicyclic) bond motifs is 1. The molecule has 1 N–H and O–H groups in total. The molecule has 0 bridgehead atoms. The van der Waals surface area contributed by atoms with Gasteiger partial charge in [-0.1, -0.05) is 0 Å². The van der Waals surface area contributed by atoms with Gasteiger partial charge in [-0.15, -0.1) is 0 Å². The highest BCUT2D eigenvalue weighted by Gasteiger charge is 2.20. The maximum atomic E-state index is 11.9. The Balaban J connectivity index is 1.86. The second-order valence-corrected chi connectivity index (χ2v) is 4.37. The third-order valence-corrected chi connectivity index (χ3v) is 3.16. The van der Waals surface area contributed by atoms with Crippen LogP contribution in [0.15, 0.2) is 30.6 Å². The van der Waals surface area contributed by atoms with Gasteiger partial charge in [-0.25, -0.2) is 4.98 Å². The second-order valence-electron chi connectivity index (χ2n) is 4.37. The summed E-state index contributed by atoms with van der Waals surface area (Å²) in [5.74, 6) is -0.0755. The maximum absolute atomic E-state index is 11.9. The van der Waals surface area contributed by atoms with Crippen molar-refractivity contribution in [2.75, 3.05) is 0 Å². The zero-order valence-corrected chi connectivity index (χ0v) is 9.39. The van der Waals surface area contributed by atoms with Crippen LogP contribution in [0.4, 0.5) is 0 Å². The number of carbonyl (C=O) groups excluding carboxylic acids is 1. The SMILES string of the molecule is O=C(NC1CCC1)c1ccc2cnccc2n1. The van der Waals surface area contributed by atoms with Crippen molar-refractivity contribution in [3.63, 3.8) is 0 Å². The summed E-state index contributed by atoms with van der Waals surface area (Å²) < 4.78 is 0. The molecule has 0 saturated heterocycles. The van der Waals surface area contributed by atoms with E-state index >= 15 is 0 Å². The smallest absolute Gasteiger partial charge is 0.270 e. The molecule has 1 aliphatic carbocycles. The lowest BCUT2D eigenvalue weighted by atomic mass is 9.93. The Hall–Kier alpha value is -1.97. The molecule has 0 aliphatic heterocycles. The Bertz CT molecular complexity index is 563. The summed E-state index contributed by atoms with van der Waals surface area (Å²) in [4.78, 5) is 20.3. The fourth-order valence-corrected chi connectivity index (χ4v) is 1.90. The van der Waals surface area contributed by atoms with E-state index in [0.717, 1.165) is 23.7 Å². The average Bonchev–Trinajstić information content (AvgIpc) is 2.33. The minimum atomic E-state index is -0.0755. The van der Waals surface area contributed by atoms with Gasteiger partial charge in [0, 0.05) is 23.8 Å². The van der Waals surface area contributed by atoms with Gasteiger partial charge in [-0.05, 0) is 37.5 Å². The number of pyridine rings is 2. The number of hydrogen-bond donors (Lipinski definition) is 1. The van der Waals surface area contributed by atoms with Crippen molar-refractivity contribution in [3.8, 4) is 0 Å². The zero-order chi connectivity index (χ0) is 11.7. The molecule has 1 saturated carbocycles. The summed E-state index contributed by atoms with van der Waals surface area (Å²) in [5.41, 5.74) is 1.29. The van der Waals surface area contributed by atoms with E-state index in [-0.39, 0.29) is 5.91 Å². The largest absolute Gasteiger partial charge is 0.348 e. The first kappa shape index (κ1) is 10.2. The molecule has 2 heterocycles. The third kappa shape index (κ3) is 1.98. The van der Waals surface area contributed by atoms with Crippen LogP contribution >= 0.6 is 0 Å². The fourth-order valence-electron chi connectivity index (χ4n) is 1.90. The highest BCUT2D eigenvalue weighted by atomic mass is 16.1. The molecule has 0 radical (unpaired) electrons. The first-order chi connectivity index (χ1) is 8.33. The maximum Gasteiger partial charge on any atom is 0.270 e. The van der Waals surface area contributed by atoms with Crippen molar-refractivity contribution in [2.24, 2.45) is 0 Å². The first-order valence-electron chi connectivity index (χ1n) is 5.84. The van der Waals surface area contributed by atoms with Crippen LogP contribution in [0.2, 0.25) is 0 Å². The summed E-state index contributed by atoms with van der Waals surface area (Å²) in [6.45, 7) is 0. The molecule has 0 spiro atoms. The van der Waals surface area contributed by atoms with Gasteiger partial charge < -0.3 is 5.32 Å².